The summed E-state index contributed by atoms with van der Waals surface area (Å²) in [5.41, 5.74) is 1.24. The third-order valence-corrected chi connectivity index (χ3v) is 2.21. The van der Waals surface area contributed by atoms with Gasteiger partial charge in [-0.25, -0.2) is 0 Å². The second-order valence-electron chi connectivity index (χ2n) is 3.27. The van der Waals surface area contributed by atoms with Crippen LogP contribution in [-0.4, -0.2) is 12.1 Å². The molecule has 0 aliphatic carbocycles. The highest BCUT2D eigenvalue weighted by Gasteiger charge is 2.01. The Labute approximate surface area is 89.0 Å². The van der Waals surface area contributed by atoms with Gasteiger partial charge in [0.15, 0.2) is 18.9 Å². The summed E-state index contributed by atoms with van der Waals surface area (Å²) in [5, 5.41) is 0. The molecule has 0 radical (unpaired) electrons. The topological polar surface area (TPSA) is 26.0 Å². The highest BCUT2D eigenvalue weighted by atomic mass is 16.5. The quantitative estimate of drug-likeness (QED) is 0.702. The molecular formula is C12H13N2O+. The van der Waals surface area contributed by atoms with Crippen molar-refractivity contribution in [3.05, 3.63) is 54.6 Å². The molecule has 0 saturated heterocycles. The van der Waals surface area contributed by atoms with Crippen molar-refractivity contribution < 1.29 is 9.30 Å². The Hall–Kier alpha value is -1.90. The molecule has 0 N–H and O–H groups in total. The predicted molar refractivity (Wildman–Crippen MR) is 56.5 cm³/mol. The van der Waals surface area contributed by atoms with Gasteiger partial charge < -0.3 is 4.74 Å². The van der Waals surface area contributed by atoms with Crippen LogP contribution >= 0.6 is 0 Å². The summed E-state index contributed by atoms with van der Waals surface area (Å²) in [6.45, 7) is 0.854. The lowest BCUT2D eigenvalue weighted by molar-refractivity contribution is -0.688. The molecule has 2 rings (SSSR count). The molecule has 1 aromatic heterocycles. The summed E-state index contributed by atoms with van der Waals surface area (Å²) < 4.78 is 7.18. The third-order valence-electron chi connectivity index (χ3n) is 2.21. The number of benzene rings is 1. The maximum absolute atomic E-state index is 5.10. The fourth-order valence-electron chi connectivity index (χ4n) is 1.39. The highest BCUT2D eigenvalue weighted by Crippen LogP contribution is 2.10. The Bertz CT molecular complexity index is 411. The van der Waals surface area contributed by atoms with E-state index in [1.165, 1.54) is 5.56 Å². The lowest BCUT2D eigenvalue weighted by Gasteiger charge is -2.00. The molecule has 0 fully saturated rings. The van der Waals surface area contributed by atoms with Crippen molar-refractivity contribution in [2.24, 2.45) is 0 Å². The number of hydrogen-bond donors (Lipinski definition) is 0. The molecule has 0 unspecified atom stereocenters. The Morgan fingerprint density at radius 2 is 1.80 bits per heavy atom. The van der Waals surface area contributed by atoms with Crippen molar-refractivity contribution in [1.29, 1.82) is 0 Å². The molecule has 0 amide bonds. The second-order valence-corrected chi connectivity index (χ2v) is 3.27. The van der Waals surface area contributed by atoms with E-state index < -0.39 is 0 Å². The zero-order valence-electron chi connectivity index (χ0n) is 8.63. The predicted octanol–water partition coefficient (Wildman–Crippen LogP) is 1.43. The lowest BCUT2D eigenvalue weighted by atomic mass is 10.2. The van der Waals surface area contributed by atoms with Gasteiger partial charge in [0.25, 0.3) is 0 Å². The van der Waals surface area contributed by atoms with Crippen LogP contribution in [0, 0.1) is 0 Å². The summed E-state index contributed by atoms with van der Waals surface area (Å²) in [5.74, 6) is 0.887. The van der Waals surface area contributed by atoms with Crippen LogP contribution < -0.4 is 9.30 Å². The van der Waals surface area contributed by atoms with Gasteiger partial charge in [-0.2, -0.15) is 4.57 Å². The minimum atomic E-state index is 0.854. The fraction of sp³-hybridized carbons (Fsp3) is 0.167. The summed E-state index contributed by atoms with van der Waals surface area (Å²) in [6.07, 6.45) is 7.46. The fourth-order valence-corrected chi connectivity index (χ4v) is 1.39. The third kappa shape index (κ3) is 2.53. The molecule has 3 heteroatoms. The summed E-state index contributed by atoms with van der Waals surface area (Å²) in [4.78, 5) is 3.97. The minimum absolute atomic E-state index is 0.854. The van der Waals surface area contributed by atoms with Crippen molar-refractivity contribution in [3.63, 3.8) is 0 Å². The van der Waals surface area contributed by atoms with E-state index in [0.29, 0.717) is 0 Å². The van der Waals surface area contributed by atoms with Crippen molar-refractivity contribution >= 4 is 0 Å². The molecule has 1 heterocycles. The average Bonchev–Trinajstić information content (AvgIpc) is 2.31. The van der Waals surface area contributed by atoms with E-state index in [0.717, 1.165) is 12.3 Å². The number of methoxy groups -OCH3 is 1. The number of rotatable bonds is 3. The SMILES string of the molecule is COc1ccc(C[n+]2ccncc2)cc1. The maximum Gasteiger partial charge on any atom is 0.187 e. The maximum atomic E-state index is 5.10. The van der Waals surface area contributed by atoms with Crippen molar-refractivity contribution in [2.75, 3.05) is 7.11 Å². The van der Waals surface area contributed by atoms with Gasteiger partial charge in [-0.3, -0.25) is 4.98 Å². The molecule has 0 spiro atoms. The van der Waals surface area contributed by atoms with Crippen LogP contribution in [0.25, 0.3) is 0 Å². The van der Waals surface area contributed by atoms with E-state index in [1.807, 2.05) is 24.5 Å². The molecule has 0 aliphatic rings. The van der Waals surface area contributed by atoms with Crippen LogP contribution in [-0.2, 0) is 6.54 Å². The van der Waals surface area contributed by atoms with Gasteiger partial charge in [-0.1, -0.05) is 0 Å². The van der Waals surface area contributed by atoms with Crippen LogP contribution in [0.2, 0.25) is 0 Å². The number of ether oxygens (including phenoxy) is 1. The molecular weight excluding hydrogens is 188 g/mol. The Morgan fingerprint density at radius 3 is 2.40 bits per heavy atom. The molecule has 2 aromatic rings. The smallest absolute Gasteiger partial charge is 0.187 e. The van der Waals surface area contributed by atoms with E-state index >= 15 is 0 Å². The van der Waals surface area contributed by atoms with Gasteiger partial charge in [-0.15, -0.1) is 0 Å². The molecule has 15 heavy (non-hydrogen) atoms. The van der Waals surface area contributed by atoms with E-state index in [9.17, 15) is 0 Å². The summed E-state index contributed by atoms with van der Waals surface area (Å²) >= 11 is 0. The minimum Gasteiger partial charge on any atom is -0.497 e. The van der Waals surface area contributed by atoms with Crippen LogP contribution in [0.4, 0.5) is 0 Å². The molecule has 0 saturated carbocycles. The molecule has 0 atom stereocenters. The van der Waals surface area contributed by atoms with Crippen LogP contribution in [0.1, 0.15) is 5.56 Å². The second kappa shape index (κ2) is 4.55. The van der Waals surface area contributed by atoms with Crippen LogP contribution in [0.5, 0.6) is 5.75 Å². The summed E-state index contributed by atoms with van der Waals surface area (Å²) in [6, 6.07) is 8.06. The largest absolute Gasteiger partial charge is 0.497 e. The molecule has 76 valence electrons. The highest BCUT2D eigenvalue weighted by molar-refractivity contribution is 5.26. The zero-order valence-corrected chi connectivity index (χ0v) is 8.63. The molecule has 3 nitrogen and oxygen atoms in total. The van der Waals surface area contributed by atoms with Crippen molar-refractivity contribution in [3.8, 4) is 5.75 Å². The van der Waals surface area contributed by atoms with Crippen LogP contribution in [0.15, 0.2) is 49.1 Å². The molecule has 1 aromatic carbocycles. The first kappa shape index (κ1) is 9.65. The number of hydrogen-bond acceptors (Lipinski definition) is 2. The van der Waals surface area contributed by atoms with Gasteiger partial charge in [0.2, 0.25) is 0 Å². The first-order chi connectivity index (χ1) is 7.38. The van der Waals surface area contributed by atoms with Crippen molar-refractivity contribution in [1.82, 2.24) is 4.98 Å². The van der Waals surface area contributed by atoms with E-state index in [1.54, 1.807) is 19.5 Å². The Kier molecular flexibility index (Phi) is 2.93. The first-order valence-electron chi connectivity index (χ1n) is 4.80. The number of aromatic nitrogens is 2. The first-order valence-corrected chi connectivity index (χ1v) is 4.80. The van der Waals surface area contributed by atoms with E-state index in [-0.39, 0.29) is 0 Å². The average molecular weight is 201 g/mol. The van der Waals surface area contributed by atoms with Crippen LogP contribution in [0.3, 0.4) is 0 Å². The van der Waals surface area contributed by atoms with E-state index in [2.05, 4.69) is 21.7 Å². The molecule has 0 bridgehead atoms. The van der Waals surface area contributed by atoms with Gasteiger partial charge in [0.1, 0.15) is 5.75 Å². The lowest BCUT2D eigenvalue weighted by Crippen LogP contribution is -2.33. The number of nitrogens with zero attached hydrogens (tertiary/aromatic N) is 2. The van der Waals surface area contributed by atoms with Gasteiger partial charge in [0.05, 0.1) is 19.5 Å². The van der Waals surface area contributed by atoms with Gasteiger partial charge in [0, 0.05) is 5.56 Å². The van der Waals surface area contributed by atoms with E-state index in [4.69, 9.17) is 4.74 Å². The van der Waals surface area contributed by atoms with Gasteiger partial charge >= 0.3 is 0 Å². The monoisotopic (exact) mass is 201 g/mol. The van der Waals surface area contributed by atoms with Crippen molar-refractivity contribution in [2.45, 2.75) is 6.54 Å². The normalized spacial score (nSPS) is 9.93. The molecule has 0 aliphatic heterocycles. The summed E-state index contributed by atoms with van der Waals surface area (Å²) in [7, 11) is 1.67. The standard InChI is InChI=1S/C12H13N2O/c1-15-12-4-2-11(3-5-12)10-14-8-6-13-7-9-14/h2-9H,10H2,1H3/q+1. The Morgan fingerprint density at radius 1 is 1.13 bits per heavy atom. The van der Waals surface area contributed by atoms with Gasteiger partial charge in [-0.05, 0) is 24.3 Å². The Balaban J connectivity index is 2.11. The zero-order chi connectivity index (χ0) is 10.5.